The van der Waals surface area contributed by atoms with Gasteiger partial charge in [0.15, 0.2) is 0 Å². The lowest BCUT2D eigenvalue weighted by molar-refractivity contribution is 0.0685. The monoisotopic (exact) mass is 671 g/mol. The van der Waals surface area contributed by atoms with E-state index >= 15 is 0 Å². The van der Waals surface area contributed by atoms with Crippen LogP contribution in [0.2, 0.25) is 5.02 Å². The van der Waals surface area contributed by atoms with Crippen LogP contribution in [0, 0.1) is 6.92 Å². The molecule has 3 aromatic heterocycles. The number of aromatic nitrogens is 5. The van der Waals surface area contributed by atoms with Crippen LogP contribution in [0.5, 0.6) is 5.75 Å². The Labute approximate surface area is 280 Å². The van der Waals surface area contributed by atoms with Gasteiger partial charge < -0.3 is 14.4 Å². The summed E-state index contributed by atoms with van der Waals surface area (Å²) in [5.74, 6) is 2.05. The summed E-state index contributed by atoms with van der Waals surface area (Å²) in [6, 6.07) is 16.4. The second-order valence-electron chi connectivity index (χ2n) is 11.7. The third-order valence-corrected chi connectivity index (χ3v) is 11.1. The average molecular weight is 672 g/mol. The lowest BCUT2D eigenvalue weighted by Gasteiger charge is -2.13. The highest BCUT2D eigenvalue weighted by Crippen LogP contribution is 2.43. The van der Waals surface area contributed by atoms with E-state index in [2.05, 4.69) is 30.5 Å². The van der Waals surface area contributed by atoms with Gasteiger partial charge in [0.2, 0.25) is 0 Å². The Bertz CT molecular complexity index is 2150. The third kappa shape index (κ3) is 5.46. The zero-order valence-electron chi connectivity index (χ0n) is 26.1. The minimum absolute atomic E-state index is 0.272. The molecule has 0 spiro atoms. The second kappa shape index (κ2) is 12.4. The van der Waals surface area contributed by atoms with E-state index in [1.165, 1.54) is 5.56 Å². The van der Waals surface area contributed by atoms with Gasteiger partial charge in [-0.2, -0.15) is 10.2 Å². The quantitative estimate of drug-likeness (QED) is 0.189. The highest BCUT2D eigenvalue weighted by Gasteiger charge is 2.27. The fourth-order valence-electron chi connectivity index (χ4n) is 6.58. The predicted molar refractivity (Wildman–Crippen MR) is 187 cm³/mol. The predicted octanol–water partition coefficient (Wildman–Crippen LogP) is 8.18. The van der Waals surface area contributed by atoms with Gasteiger partial charge in [0, 0.05) is 82.7 Å². The molecule has 6 bridgehead atoms. The van der Waals surface area contributed by atoms with Crippen molar-refractivity contribution in [2.75, 3.05) is 6.61 Å². The number of nitrogens with zero attached hydrogens (tertiary/aromatic N) is 5. The third-order valence-electron chi connectivity index (χ3n) is 8.76. The number of hydrogen-bond acceptors (Lipinski definition) is 6. The molecule has 0 saturated carbocycles. The van der Waals surface area contributed by atoms with Gasteiger partial charge in [0.25, 0.3) is 0 Å². The smallest absolute Gasteiger partial charge is 0.352 e. The van der Waals surface area contributed by atoms with E-state index in [0.29, 0.717) is 30.2 Å². The molecule has 4 heterocycles. The molecule has 0 fully saturated rings. The molecule has 0 unspecified atom stereocenters. The number of aryl methyl sites for hydroxylation is 4. The van der Waals surface area contributed by atoms with E-state index in [4.69, 9.17) is 26.5 Å². The van der Waals surface area contributed by atoms with Crippen molar-refractivity contribution in [1.82, 2.24) is 24.1 Å². The van der Waals surface area contributed by atoms with Crippen molar-refractivity contribution in [2.24, 2.45) is 21.1 Å². The molecular formula is C35H34ClN5O3S2. The first kappa shape index (κ1) is 30.8. The number of carboxylic acid groups (broad SMARTS) is 1. The molecule has 0 radical (unpaired) electrons. The van der Waals surface area contributed by atoms with Crippen molar-refractivity contribution in [3.63, 3.8) is 0 Å². The number of benzene rings is 3. The van der Waals surface area contributed by atoms with Crippen molar-refractivity contribution in [2.45, 2.75) is 41.9 Å². The van der Waals surface area contributed by atoms with Crippen molar-refractivity contribution >= 4 is 62.8 Å². The van der Waals surface area contributed by atoms with Gasteiger partial charge in [-0.15, -0.1) is 23.5 Å². The van der Waals surface area contributed by atoms with Crippen molar-refractivity contribution in [3.05, 3.63) is 93.7 Å². The normalized spacial score (nSPS) is 14.3. The van der Waals surface area contributed by atoms with Crippen LogP contribution in [-0.4, -0.2) is 41.8 Å². The number of aromatic carboxylic acids is 1. The number of thioether (sulfide) groups is 2. The van der Waals surface area contributed by atoms with Crippen LogP contribution >= 0.6 is 35.1 Å². The van der Waals surface area contributed by atoms with Crippen molar-refractivity contribution < 1.29 is 14.6 Å². The number of fused-ring (bicyclic) bond motifs is 7. The molecule has 0 amide bonds. The second-order valence-corrected chi connectivity index (χ2v) is 14.1. The summed E-state index contributed by atoms with van der Waals surface area (Å²) in [4.78, 5) is 13.9. The molecule has 46 heavy (non-hydrogen) atoms. The fourth-order valence-corrected chi connectivity index (χ4v) is 8.73. The summed E-state index contributed by atoms with van der Waals surface area (Å²) in [6.45, 7) is 2.49. The molecule has 7 rings (SSSR count). The van der Waals surface area contributed by atoms with Crippen LogP contribution in [0.4, 0.5) is 0 Å². The number of hydrogen-bond donors (Lipinski definition) is 1. The van der Waals surface area contributed by atoms with E-state index in [1.54, 1.807) is 28.1 Å². The molecule has 11 heteroatoms. The molecule has 236 valence electrons. The molecule has 0 saturated heterocycles. The van der Waals surface area contributed by atoms with E-state index in [9.17, 15) is 9.90 Å². The number of rotatable bonds is 1. The SMILES string of the molecule is Cc1c2c(nn1C)CSCc1nn(C)cc1CSc1cc(c3ccccc3c1)OCCCc1c(C(=O)O)n(C)c3c-2c(Cl)ccc13. The van der Waals surface area contributed by atoms with Gasteiger partial charge in [-0.05, 0) is 48.9 Å². The Kier molecular flexibility index (Phi) is 8.29. The van der Waals surface area contributed by atoms with Crippen LogP contribution in [0.25, 0.3) is 32.8 Å². The number of carboxylic acids is 1. The van der Waals surface area contributed by atoms with Crippen LogP contribution in [0.1, 0.15) is 45.1 Å². The lowest BCUT2D eigenvalue weighted by Crippen LogP contribution is -2.09. The Morgan fingerprint density at radius 3 is 2.61 bits per heavy atom. The molecule has 1 N–H and O–H groups in total. The summed E-state index contributed by atoms with van der Waals surface area (Å²) in [6.07, 6.45) is 3.30. The Morgan fingerprint density at radius 1 is 0.978 bits per heavy atom. The minimum atomic E-state index is -0.962. The first-order chi connectivity index (χ1) is 22.2. The summed E-state index contributed by atoms with van der Waals surface area (Å²) < 4.78 is 12.0. The molecule has 0 aliphatic carbocycles. The first-order valence-electron chi connectivity index (χ1n) is 15.1. The highest BCUT2D eigenvalue weighted by molar-refractivity contribution is 7.98. The van der Waals surface area contributed by atoms with E-state index in [-0.39, 0.29) is 5.69 Å². The Morgan fingerprint density at radius 2 is 1.78 bits per heavy atom. The lowest BCUT2D eigenvalue weighted by atomic mass is 9.98. The van der Waals surface area contributed by atoms with Crippen molar-refractivity contribution in [3.8, 4) is 16.9 Å². The summed E-state index contributed by atoms with van der Waals surface area (Å²) in [5.41, 5.74) is 7.78. The molecule has 3 aromatic carbocycles. The standard InChI is InChI=1S/C35H34ClN5O3S2/c1-20-31-29(38-41(20)4)19-45-18-28-22(16-39(2)37-28)17-46-23-14-21-8-5-6-9-24(21)30(15-23)44-13-7-10-25-26-11-12-27(36)32(31)33(26)40(3)34(25)35(42)43/h5-6,8-9,11-12,14-16H,7,10,13,17-19H2,1-4H3,(H,42,43). The van der Waals surface area contributed by atoms with Gasteiger partial charge in [0.1, 0.15) is 11.4 Å². The maximum Gasteiger partial charge on any atom is 0.352 e. The van der Waals surface area contributed by atoms with Crippen molar-refractivity contribution in [1.29, 1.82) is 0 Å². The van der Waals surface area contributed by atoms with E-state index in [1.807, 2.05) is 61.7 Å². The molecule has 1 aliphatic rings. The first-order valence-corrected chi connectivity index (χ1v) is 17.7. The fraction of sp³-hybridized carbons (Fsp3) is 0.286. The molecule has 8 nitrogen and oxygen atoms in total. The number of halogens is 1. The average Bonchev–Trinajstić information content (AvgIpc) is 3.63. The van der Waals surface area contributed by atoms with Gasteiger partial charge in [-0.25, -0.2) is 4.79 Å². The summed E-state index contributed by atoms with van der Waals surface area (Å²) in [7, 11) is 5.72. The van der Waals surface area contributed by atoms with Gasteiger partial charge >= 0.3 is 5.97 Å². The van der Waals surface area contributed by atoms with Gasteiger partial charge in [0.05, 0.1) is 28.5 Å². The maximum absolute atomic E-state index is 12.7. The Balaban J connectivity index is 1.37. The number of ether oxygens (including phenoxy) is 1. The zero-order valence-corrected chi connectivity index (χ0v) is 28.5. The Hall–Kier alpha value is -3.86. The van der Waals surface area contributed by atoms with Gasteiger partial charge in [-0.3, -0.25) is 9.36 Å². The summed E-state index contributed by atoms with van der Waals surface area (Å²) >= 11 is 10.5. The van der Waals surface area contributed by atoms with Crippen LogP contribution in [-0.2, 0) is 44.8 Å². The van der Waals surface area contributed by atoms with Crippen LogP contribution in [0.3, 0.4) is 0 Å². The topological polar surface area (TPSA) is 87.1 Å². The van der Waals surface area contributed by atoms with Crippen LogP contribution in [0.15, 0.2) is 59.6 Å². The zero-order chi connectivity index (χ0) is 32.1. The molecule has 1 aliphatic heterocycles. The maximum atomic E-state index is 12.7. The summed E-state index contributed by atoms with van der Waals surface area (Å²) in [5, 5.41) is 23.8. The van der Waals surface area contributed by atoms with E-state index in [0.717, 1.165) is 77.6 Å². The van der Waals surface area contributed by atoms with Gasteiger partial charge in [-0.1, -0.05) is 41.9 Å². The van der Waals surface area contributed by atoms with Crippen LogP contribution < -0.4 is 4.74 Å². The largest absolute Gasteiger partial charge is 0.493 e. The molecule has 0 atom stereocenters. The number of carbonyl (C=O) groups is 1. The minimum Gasteiger partial charge on any atom is -0.493 e. The van der Waals surface area contributed by atoms with E-state index < -0.39 is 5.97 Å². The molecular weight excluding hydrogens is 638 g/mol. The molecule has 6 aromatic rings. The highest BCUT2D eigenvalue weighted by atomic mass is 35.5.